The molecular weight excluding hydrogens is 605 g/mol. The summed E-state index contributed by atoms with van der Waals surface area (Å²) >= 11 is 6.45. The minimum absolute atomic E-state index is 0.107. The van der Waals surface area contributed by atoms with Gasteiger partial charge in [0.1, 0.15) is 6.61 Å². The van der Waals surface area contributed by atoms with Crippen LogP contribution in [-0.4, -0.2) is 81.2 Å². The van der Waals surface area contributed by atoms with Crippen molar-refractivity contribution in [2.75, 3.05) is 39.8 Å². The number of rotatable bonds is 13. The molecule has 1 heterocycles. The van der Waals surface area contributed by atoms with E-state index in [1.807, 2.05) is 38.2 Å². The van der Waals surface area contributed by atoms with Crippen LogP contribution in [-0.2, 0) is 4.74 Å². The van der Waals surface area contributed by atoms with Crippen molar-refractivity contribution >= 4 is 31.3 Å². The SMILES string of the molecule is Cc1ccc(Cl)cc1[C@@H](CCN1CCCCC1)CCN(C)[Si](C(=O)O)c1cccc(C)c1C1CCC(OCC(F)(F)F)CC1. The number of carbonyl (C=O) groups is 1. The molecule has 1 aliphatic heterocycles. The van der Waals surface area contributed by atoms with Crippen molar-refractivity contribution in [2.24, 2.45) is 0 Å². The average molecular weight is 652 g/mol. The van der Waals surface area contributed by atoms with Gasteiger partial charge in [0, 0.05) is 5.02 Å². The van der Waals surface area contributed by atoms with Crippen molar-refractivity contribution in [3.63, 3.8) is 0 Å². The average Bonchev–Trinajstić information content (AvgIpc) is 2.98. The second kappa shape index (κ2) is 16.1. The lowest BCUT2D eigenvalue weighted by atomic mass is 9.81. The fraction of sp³-hybridized carbons (Fsp3) is 0.618. The lowest BCUT2D eigenvalue weighted by molar-refractivity contribution is -0.188. The number of alkyl halides is 3. The first-order valence-corrected chi connectivity index (χ1v) is 17.8. The van der Waals surface area contributed by atoms with E-state index in [9.17, 15) is 23.1 Å². The topological polar surface area (TPSA) is 53.0 Å². The Morgan fingerprint density at radius 3 is 2.43 bits per heavy atom. The second-order valence-electron chi connectivity index (χ2n) is 12.7. The molecule has 1 radical (unpaired) electrons. The minimum atomic E-state index is -4.33. The largest absolute Gasteiger partial charge is 0.484 e. The molecule has 2 aromatic carbocycles. The number of nitrogens with zero attached hydrogens (tertiary/aromatic N) is 2. The number of ether oxygens (including phenoxy) is 1. The molecule has 1 aliphatic carbocycles. The molecule has 0 spiro atoms. The molecule has 1 saturated heterocycles. The van der Waals surface area contributed by atoms with Crippen LogP contribution >= 0.6 is 11.6 Å². The van der Waals surface area contributed by atoms with Crippen molar-refractivity contribution < 1.29 is 27.8 Å². The number of benzene rings is 2. The van der Waals surface area contributed by atoms with Gasteiger partial charge in [-0.3, -0.25) is 4.79 Å². The summed E-state index contributed by atoms with van der Waals surface area (Å²) in [5, 5.41) is 12.2. The Morgan fingerprint density at radius 1 is 1.07 bits per heavy atom. The maximum Gasteiger partial charge on any atom is 0.411 e. The highest BCUT2D eigenvalue weighted by atomic mass is 35.5. The summed E-state index contributed by atoms with van der Waals surface area (Å²) in [4.78, 5) is 15.5. The maximum absolute atomic E-state index is 12.9. The Bertz CT molecular complexity index is 1230. The third-order valence-corrected chi connectivity index (χ3v) is 12.0. The molecule has 4 rings (SSSR count). The number of piperidine rings is 1. The van der Waals surface area contributed by atoms with Gasteiger partial charge >= 0.3 is 15.1 Å². The van der Waals surface area contributed by atoms with Gasteiger partial charge in [0.05, 0.1) is 6.10 Å². The van der Waals surface area contributed by atoms with Crippen LogP contribution in [0.3, 0.4) is 0 Å². The third kappa shape index (κ3) is 9.79. The van der Waals surface area contributed by atoms with E-state index >= 15 is 0 Å². The van der Waals surface area contributed by atoms with Crippen molar-refractivity contribution in [1.82, 2.24) is 9.47 Å². The highest BCUT2D eigenvalue weighted by molar-refractivity contribution is 6.96. The zero-order valence-corrected chi connectivity index (χ0v) is 28.0. The summed E-state index contributed by atoms with van der Waals surface area (Å²) in [5.41, 5.74) is 3.77. The fourth-order valence-corrected chi connectivity index (χ4v) is 9.54. The van der Waals surface area contributed by atoms with Gasteiger partial charge in [-0.05, 0) is 150 Å². The molecule has 2 aromatic rings. The van der Waals surface area contributed by atoms with E-state index in [1.165, 1.54) is 30.4 Å². The molecule has 2 aliphatic rings. The van der Waals surface area contributed by atoms with Crippen molar-refractivity contribution in [3.8, 4) is 0 Å². The second-order valence-corrected chi connectivity index (χ2v) is 15.6. The first-order chi connectivity index (χ1) is 20.9. The molecule has 0 aromatic heterocycles. The third-order valence-electron chi connectivity index (χ3n) is 9.47. The minimum Gasteiger partial charge on any atom is -0.484 e. The van der Waals surface area contributed by atoms with Crippen LogP contribution in [0.4, 0.5) is 18.0 Å². The first kappa shape index (κ1) is 35.0. The Labute approximate surface area is 267 Å². The Kier molecular flexibility index (Phi) is 12.8. The first-order valence-electron chi connectivity index (χ1n) is 16.0. The molecule has 1 saturated carbocycles. The number of carboxylic acid groups (broad SMARTS) is 1. The quantitative estimate of drug-likeness (QED) is 0.223. The van der Waals surface area contributed by atoms with Crippen LogP contribution in [0.5, 0.6) is 0 Å². The summed E-state index contributed by atoms with van der Waals surface area (Å²) in [6.07, 6.45) is 3.32. The van der Waals surface area contributed by atoms with E-state index in [4.69, 9.17) is 16.3 Å². The molecule has 44 heavy (non-hydrogen) atoms. The molecule has 0 amide bonds. The summed E-state index contributed by atoms with van der Waals surface area (Å²) in [5.74, 6) is 0.371. The van der Waals surface area contributed by atoms with Gasteiger partial charge in [-0.25, -0.2) is 0 Å². The Balaban J connectivity index is 1.49. The highest BCUT2D eigenvalue weighted by Gasteiger charge is 2.36. The van der Waals surface area contributed by atoms with Crippen LogP contribution in [0.2, 0.25) is 5.02 Å². The van der Waals surface area contributed by atoms with E-state index < -0.39 is 33.4 Å². The predicted molar refractivity (Wildman–Crippen MR) is 173 cm³/mol. The van der Waals surface area contributed by atoms with Crippen molar-refractivity contribution in [1.29, 1.82) is 0 Å². The molecule has 10 heteroatoms. The van der Waals surface area contributed by atoms with E-state index in [0.29, 0.717) is 32.2 Å². The van der Waals surface area contributed by atoms with E-state index in [0.717, 1.165) is 53.8 Å². The van der Waals surface area contributed by atoms with E-state index in [2.05, 4.69) is 28.5 Å². The van der Waals surface area contributed by atoms with Gasteiger partial charge in [-0.2, -0.15) is 13.2 Å². The summed E-state index contributed by atoms with van der Waals surface area (Å²) in [6, 6.07) is 12.0. The number of hydrogen-bond acceptors (Lipinski definition) is 4. The van der Waals surface area contributed by atoms with Gasteiger partial charge < -0.3 is 19.3 Å². The van der Waals surface area contributed by atoms with Gasteiger partial charge in [-0.15, -0.1) is 0 Å². The smallest absolute Gasteiger partial charge is 0.411 e. The van der Waals surface area contributed by atoms with Crippen LogP contribution in [0.25, 0.3) is 0 Å². The van der Waals surface area contributed by atoms with Crippen molar-refractivity contribution in [2.45, 2.75) is 95.8 Å². The molecular formula is C34H47ClF3N2O3Si. The monoisotopic (exact) mass is 651 g/mol. The van der Waals surface area contributed by atoms with Crippen LogP contribution in [0, 0.1) is 13.8 Å². The van der Waals surface area contributed by atoms with Crippen LogP contribution < -0.4 is 5.19 Å². The fourth-order valence-electron chi connectivity index (χ4n) is 7.13. The maximum atomic E-state index is 12.9. The molecule has 2 fully saturated rings. The highest BCUT2D eigenvalue weighted by Crippen LogP contribution is 2.36. The van der Waals surface area contributed by atoms with Crippen molar-refractivity contribution in [3.05, 3.63) is 63.7 Å². The zero-order chi connectivity index (χ0) is 31.9. The standard InChI is InChI=1S/C34H47ClF3N2O3Si/c1-24-10-13-28(35)22-30(24)26(17-21-40-18-5-4-6-19-40)16-20-39(3)44(33(41)42)31-9-7-8-25(2)32(31)27-11-14-29(15-12-27)43-23-34(36,37)38/h7-10,13,22,26-27,29H,4-6,11-12,14-21,23H2,1-3H3,(H,41,42)/t26-,27?,29?/m1/s1. The molecule has 0 bridgehead atoms. The van der Waals surface area contributed by atoms with E-state index in [-0.39, 0.29) is 11.8 Å². The molecule has 1 N–H and O–H groups in total. The summed E-state index contributed by atoms with van der Waals surface area (Å²) < 4.78 is 45.3. The molecule has 0 unspecified atom stereocenters. The molecule has 1 atom stereocenters. The Morgan fingerprint density at radius 2 is 1.77 bits per heavy atom. The number of hydrogen-bond donors (Lipinski definition) is 1. The number of aryl methyl sites for hydroxylation is 2. The summed E-state index contributed by atoms with van der Waals surface area (Å²) in [7, 11) is -0.222. The van der Waals surface area contributed by atoms with Gasteiger partial charge in [-0.1, -0.05) is 42.3 Å². The van der Waals surface area contributed by atoms with Crippen LogP contribution in [0.15, 0.2) is 36.4 Å². The van der Waals surface area contributed by atoms with Gasteiger partial charge in [0.15, 0.2) is 0 Å². The lowest BCUT2D eigenvalue weighted by Crippen LogP contribution is -2.54. The zero-order valence-electron chi connectivity index (χ0n) is 26.3. The van der Waals surface area contributed by atoms with E-state index in [1.54, 1.807) is 0 Å². The number of likely N-dealkylation sites (tertiary alicyclic amines) is 1. The lowest BCUT2D eigenvalue weighted by Gasteiger charge is -2.33. The normalized spacial score (nSPS) is 20.8. The van der Waals surface area contributed by atoms with Gasteiger partial charge in [0.25, 0.3) is 5.59 Å². The summed E-state index contributed by atoms with van der Waals surface area (Å²) in [6.45, 7) is 6.86. The molecule has 5 nitrogen and oxygen atoms in total. The van der Waals surface area contributed by atoms with Crippen LogP contribution in [0.1, 0.15) is 91.9 Å². The Hall–Kier alpha value is -1.91. The molecule has 243 valence electrons. The van der Waals surface area contributed by atoms with Gasteiger partial charge in [0.2, 0.25) is 0 Å². The number of halogens is 4. The predicted octanol–water partition coefficient (Wildman–Crippen LogP) is 8.00.